The number of carbonyl (C=O) groups excluding carboxylic acids is 3. The summed E-state index contributed by atoms with van der Waals surface area (Å²) in [6.07, 6.45) is 6.48. The lowest BCUT2D eigenvalue weighted by molar-refractivity contribution is -0.135. The first-order valence-electron chi connectivity index (χ1n) is 13.0. The van der Waals surface area contributed by atoms with E-state index < -0.39 is 0 Å². The largest absolute Gasteiger partial charge is 0.351 e. The number of aryl methyl sites for hydroxylation is 2. The van der Waals surface area contributed by atoms with Gasteiger partial charge in [-0.3, -0.25) is 14.4 Å². The Labute approximate surface area is 208 Å². The molecule has 1 saturated heterocycles. The third-order valence-electron chi connectivity index (χ3n) is 7.49. The molecule has 186 valence electrons. The van der Waals surface area contributed by atoms with Gasteiger partial charge < -0.3 is 15.5 Å². The summed E-state index contributed by atoms with van der Waals surface area (Å²) in [7, 11) is 0. The molecule has 4 rings (SSSR count). The van der Waals surface area contributed by atoms with Gasteiger partial charge in [-0.25, -0.2) is 0 Å². The molecular weight excluding hydrogens is 438 g/mol. The van der Waals surface area contributed by atoms with Crippen LogP contribution in [0.25, 0.3) is 0 Å². The predicted molar refractivity (Wildman–Crippen MR) is 137 cm³/mol. The molecule has 0 radical (unpaired) electrons. The van der Waals surface area contributed by atoms with Crippen LogP contribution in [0.5, 0.6) is 0 Å². The molecule has 1 heterocycles. The van der Waals surface area contributed by atoms with Gasteiger partial charge in [0.15, 0.2) is 0 Å². The van der Waals surface area contributed by atoms with Crippen molar-refractivity contribution in [3.05, 3.63) is 71.3 Å². The highest BCUT2D eigenvalue weighted by atomic mass is 16.2. The maximum absolute atomic E-state index is 13.1. The summed E-state index contributed by atoms with van der Waals surface area (Å²) >= 11 is 0. The number of carbonyl (C=O) groups is 3. The molecule has 1 saturated carbocycles. The van der Waals surface area contributed by atoms with Gasteiger partial charge in [0.2, 0.25) is 11.8 Å². The van der Waals surface area contributed by atoms with E-state index in [0.717, 1.165) is 37.7 Å². The van der Waals surface area contributed by atoms with Crippen LogP contribution < -0.4 is 10.6 Å². The number of hydrogen-bond acceptors (Lipinski definition) is 3. The van der Waals surface area contributed by atoms with Gasteiger partial charge in [-0.15, -0.1) is 0 Å². The topological polar surface area (TPSA) is 78.5 Å². The molecule has 2 atom stereocenters. The third-order valence-corrected chi connectivity index (χ3v) is 7.49. The smallest absolute Gasteiger partial charge is 0.251 e. The summed E-state index contributed by atoms with van der Waals surface area (Å²) in [6.45, 7) is 3.20. The number of benzene rings is 2. The fourth-order valence-electron chi connectivity index (χ4n) is 5.30. The Morgan fingerprint density at radius 2 is 1.46 bits per heavy atom. The first-order chi connectivity index (χ1) is 17.0. The molecule has 1 aliphatic heterocycles. The average Bonchev–Trinajstić information content (AvgIpc) is 2.89. The highest BCUT2D eigenvalue weighted by molar-refractivity contribution is 5.95. The number of hydrogen-bond donors (Lipinski definition) is 2. The van der Waals surface area contributed by atoms with Crippen LogP contribution in [0.3, 0.4) is 0 Å². The van der Waals surface area contributed by atoms with Crippen LogP contribution in [0.4, 0.5) is 0 Å². The lowest BCUT2D eigenvalue weighted by Crippen LogP contribution is -2.55. The second-order valence-electron chi connectivity index (χ2n) is 9.94. The zero-order valence-corrected chi connectivity index (χ0v) is 20.7. The van der Waals surface area contributed by atoms with E-state index in [2.05, 4.69) is 10.6 Å². The molecule has 3 amide bonds. The van der Waals surface area contributed by atoms with Crippen molar-refractivity contribution in [2.75, 3.05) is 13.1 Å². The normalized spacial score (nSPS) is 20.8. The van der Waals surface area contributed by atoms with Crippen LogP contribution >= 0.6 is 0 Å². The Hall–Kier alpha value is -3.15. The zero-order valence-electron chi connectivity index (χ0n) is 20.7. The number of piperidine rings is 1. The third kappa shape index (κ3) is 6.71. The van der Waals surface area contributed by atoms with E-state index in [1.807, 2.05) is 66.4 Å². The Morgan fingerprint density at radius 1 is 0.829 bits per heavy atom. The molecule has 2 aromatic carbocycles. The number of nitrogens with one attached hydrogen (secondary N) is 2. The minimum absolute atomic E-state index is 0.0465. The molecular formula is C29H37N3O3. The first kappa shape index (κ1) is 25.0. The van der Waals surface area contributed by atoms with E-state index in [-0.39, 0.29) is 35.7 Å². The maximum Gasteiger partial charge on any atom is 0.251 e. The number of amides is 3. The van der Waals surface area contributed by atoms with Crippen molar-refractivity contribution in [1.29, 1.82) is 0 Å². The minimum atomic E-state index is -0.0807. The summed E-state index contributed by atoms with van der Waals surface area (Å²) in [5.74, 6) is 0.0711. The van der Waals surface area contributed by atoms with Crippen molar-refractivity contribution < 1.29 is 14.4 Å². The minimum Gasteiger partial charge on any atom is -0.351 e. The molecule has 1 aliphatic carbocycles. The van der Waals surface area contributed by atoms with Crippen LogP contribution in [0, 0.1) is 12.8 Å². The molecule has 6 nitrogen and oxygen atoms in total. The highest BCUT2D eigenvalue weighted by Crippen LogP contribution is 2.23. The van der Waals surface area contributed by atoms with Crippen LogP contribution in [0.15, 0.2) is 54.6 Å². The number of likely N-dealkylation sites (tertiary alicyclic amines) is 1. The van der Waals surface area contributed by atoms with E-state index in [9.17, 15) is 14.4 Å². The van der Waals surface area contributed by atoms with Crippen molar-refractivity contribution in [2.24, 2.45) is 5.92 Å². The monoisotopic (exact) mass is 475 g/mol. The zero-order chi connectivity index (χ0) is 24.6. The van der Waals surface area contributed by atoms with Gasteiger partial charge in [0.1, 0.15) is 0 Å². The van der Waals surface area contributed by atoms with Crippen LogP contribution in [0.2, 0.25) is 0 Å². The van der Waals surface area contributed by atoms with Crippen molar-refractivity contribution in [3.8, 4) is 0 Å². The van der Waals surface area contributed by atoms with Gasteiger partial charge in [-0.2, -0.15) is 0 Å². The summed E-state index contributed by atoms with van der Waals surface area (Å²) in [5.41, 5.74) is 2.81. The SMILES string of the molecule is Cc1ccccc1C(=O)N[C@@H]1CCCC[C@H]1NC(=O)C1CCN(C(=O)CCc2ccccc2)CC1. The van der Waals surface area contributed by atoms with Crippen molar-refractivity contribution in [3.63, 3.8) is 0 Å². The number of rotatable bonds is 7. The lowest BCUT2D eigenvalue weighted by atomic mass is 9.88. The quantitative estimate of drug-likeness (QED) is 0.635. The van der Waals surface area contributed by atoms with Crippen LogP contribution in [-0.4, -0.2) is 47.8 Å². The van der Waals surface area contributed by atoms with Crippen LogP contribution in [0.1, 0.15) is 66.4 Å². The lowest BCUT2D eigenvalue weighted by Gasteiger charge is -2.36. The molecule has 0 aromatic heterocycles. The summed E-state index contributed by atoms with van der Waals surface area (Å²) in [5, 5.41) is 6.42. The molecule has 0 unspecified atom stereocenters. The van der Waals surface area contributed by atoms with E-state index in [0.29, 0.717) is 37.9 Å². The van der Waals surface area contributed by atoms with E-state index in [1.165, 1.54) is 5.56 Å². The van der Waals surface area contributed by atoms with E-state index in [1.54, 1.807) is 0 Å². The van der Waals surface area contributed by atoms with Crippen molar-refractivity contribution in [2.45, 2.75) is 70.4 Å². The van der Waals surface area contributed by atoms with Crippen molar-refractivity contribution in [1.82, 2.24) is 15.5 Å². The predicted octanol–water partition coefficient (Wildman–Crippen LogP) is 4.02. The van der Waals surface area contributed by atoms with Gasteiger partial charge in [0.25, 0.3) is 5.91 Å². The average molecular weight is 476 g/mol. The Morgan fingerprint density at radius 3 is 2.14 bits per heavy atom. The molecule has 0 spiro atoms. The van der Waals surface area contributed by atoms with Gasteiger partial charge >= 0.3 is 0 Å². The number of nitrogens with zero attached hydrogens (tertiary/aromatic N) is 1. The first-order valence-corrected chi connectivity index (χ1v) is 13.0. The van der Waals surface area contributed by atoms with Crippen molar-refractivity contribution >= 4 is 17.7 Å². The molecule has 2 N–H and O–H groups in total. The van der Waals surface area contributed by atoms with Gasteiger partial charge in [-0.1, -0.05) is 61.4 Å². The van der Waals surface area contributed by atoms with Gasteiger partial charge in [0, 0.05) is 43.1 Å². The Balaban J connectivity index is 1.25. The van der Waals surface area contributed by atoms with E-state index in [4.69, 9.17) is 0 Å². The molecule has 35 heavy (non-hydrogen) atoms. The maximum atomic E-state index is 13.1. The molecule has 2 aliphatic rings. The highest BCUT2D eigenvalue weighted by Gasteiger charge is 2.32. The second kappa shape index (κ2) is 12.0. The summed E-state index contributed by atoms with van der Waals surface area (Å²) in [6, 6.07) is 17.5. The Kier molecular flexibility index (Phi) is 8.56. The summed E-state index contributed by atoms with van der Waals surface area (Å²) < 4.78 is 0. The second-order valence-corrected chi connectivity index (χ2v) is 9.94. The van der Waals surface area contributed by atoms with Gasteiger partial charge in [-0.05, 0) is 56.2 Å². The van der Waals surface area contributed by atoms with Crippen LogP contribution in [-0.2, 0) is 16.0 Å². The van der Waals surface area contributed by atoms with E-state index >= 15 is 0 Å². The fraction of sp³-hybridized carbons (Fsp3) is 0.483. The fourth-order valence-corrected chi connectivity index (χ4v) is 5.30. The molecule has 0 bridgehead atoms. The summed E-state index contributed by atoms with van der Waals surface area (Å²) in [4.78, 5) is 40.5. The Bertz CT molecular complexity index is 1010. The standard InChI is InChI=1S/C29H37N3O3/c1-21-9-5-6-12-24(21)29(35)31-26-14-8-7-13-25(26)30-28(34)23-17-19-32(20-18-23)27(33)16-15-22-10-3-2-4-11-22/h2-6,9-12,23,25-26H,7-8,13-20H2,1H3,(H,30,34)(H,31,35)/t25-,26-/m1/s1. The van der Waals surface area contributed by atoms with Gasteiger partial charge in [0.05, 0.1) is 0 Å². The molecule has 2 fully saturated rings. The molecule has 6 heteroatoms. The molecule has 2 aromatic rings.